The predicted molar refractivity (Wildman–Crippen MR) is 156 cm³/mol. The number of nitro groups is 1. The summed E-state index contributed by atoms with van der Waals surface area (Å²) in [6.45, 7) is 14.1. The number of ketones is 1. The molecule has 8 heteroatoms. The van der Waals surface area contributed by atoms with Crippen molar-refractivity contribution in [1.29, 1.82) is 0 Å². The number of hydrogen-bond donors (Lipinski definition) is 0. The van der Waals surface area contributed by atoms with E-state index in [1.165, 1.54) is 23.5 Å². The van der Waals surface area contributed by atoms with Crippen molar-refractivity contribution in [3.63, 3.8) is 0 Å². The van der Waals surface area contributed by atoms with Gasteiger partial charge in [0.15, 0.2) is 5.78 Å². The van der Waals surface area contributed by atoms with E-state index < -0.39 is 15.8 Å². The standard InChI is InChI=1S/C30H32ClN3O3S/c1-19-11-9-8-10-12-25(31)38-28(19)26(33-32-21-13-15-22(16-14-21)34(36)37)20-17-23(29(2,3)4)27(35)24(18-20)30(5,6)7/h8-18H,1-7H3. The highest BCUT2D eigenvalue weighted by Gasteiger charge is 2.35. The lowest BCUT2D eigenvalue weighted by Crippen LogP contribution is -2.28. The van der Waals surface area contributed by atoms with E-state index in [4.69, 9.17) is 11.6 Å². The van der Waals surface area contributed by atoms with Gasteiger partial charge in [0.1, 0.15) is 5.70 Å². The lowest BCUT2D eigenvalue weighted by molar-refractivity contribution is -0.384. The molecule has 0 N–H and O–H groups in total. The molecule has 0 bridgehead atoms. The van der Waals surface area contributed by atoms with Crippen LogP contribution in [0, 0.1) is 27.9 Å². The van der Waals surface area contributed by atoms with Gasteiger partial charge in [0.25, 0.3) is 5.69 Å². The molecule has 0 amide bonds. The third kappa shape index (κ3) is 7.11. The van der Waals surface area contributed by atoms with Crippen LogP contribution in [0.25, 0.3) is 5.70 Å². The van der Waals surface area contributed by atoms with Crippen LogP contribution in [0.4, 0.5) is 11.4 Å². The Labute approximate surface area is 232 Å². The van der Waals surface area contributed by atoms with Gasteiger partial charge in [-0.2, -0.15) is 5.11 Å². The monoisotopic (exact) mass is 549 g/mol. The van der Waals surface area contributed by atoms with E-state index in [2.05, 4.69) is 10.2 Å². The maximum absolute atomic E-state index is 13.6. The Morgan fingerprint density at radius 1 is 0.895 bits per heavy atom. The van der Waals surface area contributed by atoms with E-state index >= 15 is 0 Å². The molecule has 1 aliphatic carbocycles. The number of rotatable bonds is 4. The Morgan fingerprint density at radius 3 is 1.97 bits per heavy atom. The first-order valence-corrected chi connectivity index (χ1v) is 13.4. The summed E-state index contributed by atoms with van der Waals surface area (Å²) in [6.07, 6.45) is 3.80. The van der Waals surface area contributed by atoms with Gasteiger partial charge >= 0.3 is 0 Å². The van der Waals surface area contributed by atoms with Crippen molar-refractivity contribution in [2.24, 2.45) is 21.1 Å². The number of halogens is 1. The van der Waals surface area contributed by atoms with Gasteiger partial charge in [0.05, 0.1) is 19.8 Å². The Morgan fingerprint density at radius 2 is 1.45 bits per heavy atom. The van der Waals surface area contributed by atoms with Gasteiger partial charge in [-0.15, -0.1) is 16.5 Å². The molecule has 0 fully saturated rings. The summed E-state index contributed by atoms with van der Waals surface area (Å²) < 4.78 is 0.551. The van der Waals surface area contributed by atoms with Gasteiger partial charge < -0.3 is 0 Å². The van der Waals surface area contributed by atoms with Crippen LogP contribution in [0.1, 0.15) is 52.0 Å². The molecule has 0 atom stereocenters. The third-order valence-electron chi connectivity index (χ3n) is 5.87. The van der Waals surface area contributed by atoms with E-state index in [0.29, 0.717) is 26.9 Å². The maximum Gasteiger partial charge on any atom is 0.269 e. The van der Waals surface area contributed by atoms with Crippen molar-refractivity contribution in [3.05, 3.63) is 108 Å². The number of allylic oxidation sites excluding steroid dienone is 5. The second-order valence-corrected chi connectivity index (χ2v) is 12.7. The summed E-state index contributed by atoms with van der Waals surface area (Å²) in [4.78, 5) is 24.9. The molecule has 0 aliphatic heterocycles. The Hall–Kier alpha value is -3.42. The van der Waals surface area contributed by atoms with Crippen molar-refractivity contribution in [1.82, 2.24) is 0 Å². The second-order valence-electron chi connectivity index (χ2n) is 11.1. The average molecular weight is 550 g/mol. The molecule has 0 saturated carbocycles. The zero-order chi connectivity index (χ0) is 28.3. The highest BCUT2D eigenvalue weighted by atomic mass is 35.5. The Balaban J connectivity index is 2.41. The summed E-state index contributed by atoms with van der Waals surface area (Å²) in [7, 11) is 0. The van der Waals surface area contributed by atoms with Crippen LogP contribution < -0.4 is 0 Å². The van der Waals surface area contributed by atoms with Gasteiger partial charge in [0, 0.05) is 28.9 Å². The normalized spacial score (nSPS) is 14.2. The largest absolute Gasteiger partial charge is 0.289 e. The first kappa shape index (κ1) is 29.1. The highest BCUT2D eigenvalue weighted by molar-refractivity contribution is 7.16. The molecule has 0 unspecified atom stereocenters. The first-order valence-electron chi connectivity index (χ1n) is 12.2. The topological polar surface area (TPSA) is 84.9 Å². The highest BCUT2D eigenvalue weighted by Crippen LogP contribution is 2.42. The van der Waals surface area contributed by atoms with Crippen LogP contribution in [0.2, 0.25) is 4.34 Å². The summed E-state index contributed by atoms with van der Waals surface area (Å²) in [6, 6.07) is 15.4. The van der Waals surface area contributed by atoms with Gasteiger partial charge in [-0.05, 0) is 53.7 Å². The lowest BCUT2D eigenvalue weighted by atomic mass is 9.71. The molecular formula is C30H32ClN3O3S. The molecular weight excluding hydrogens is 518 g/mol. The molecule has 0 radical (unpaired) electrons. The Kier molecular flexibility index (Phi) is 8.85. The number of azo groups is 1. The minimum atomic E-state index is -0.456. The second kappa shape index (κ2) is 11.5. The number of aryl methyl sites for hydroxylation is 1. The molecule has 198 valence electrons. The molecule has 0 spiro atoms. The van der Waals surface area contributed by atoms with E-state index in [1.54, 1.807) is 12.1 Å². The number of benzene rings is 1. The molecule has 1 aromatic carbocycles. The molecule has 38 heavy (non-hydrogen) atoms. The van der Waals surface area contributed by atoms with Crippen LogP contribution in [-0.2, 0) is 4.79 Å². The zero-order valence-corrected chi connectivity index (χ0v) is 24.3. The fourth-order valence-corrected chi connectivity index (χ4v) is 4.91. The third-order valence-corrected chi connectivity index (χ3v) is 7.28. The summed E-state index contributed by atoms with van der Waals surface area (Å²) in [5.41, 5.74) is 3.24. The van der Waals surface area contributed by atoms with Crippen LogP contribution in [0.5, 0.6) is 0 Å². The molecule has 3 rings (SSSR count). The smallest absolute Gasteiger partial charge is 0.269 e. The number of nitro benzene ring substituents is 1. The van der Waals surface area contributed by atoms with Gasteiger partial charge in [-0.25, -0.2) is 0 Å². The SMILES string of the molecule is Cc1cccccc(Cl)sc1C(N=Nc1ccc([N+](=O)[O-])cc1)=C1C=C(C(C)(C)C)C(=O)C(C(C)(C)C)=C1. The molecule has 2 aromatic rings. The predicted octanol–water partition coefficient (Wildman–Crippen LogP) is 9.77. The lowest BCUT2D eigenvalue weighted by Gasteiger charge is -2.31. The number of nitrogens with zero attached hydrogens (tertiary/aromatic N) is 3. The number of non-ortho nitro benzene ring substituents is 1. The van der Waals surface area contributed by atoms with Crippen LogP contribution in [0.3, 0.4) is 0 Å². The van der Waals surface area contributed by atoms with E-state index in [0.717, 1.165) is 16.0 Å². The molecule has 6 nitrogen and oxygen atoms in total. The quantitative estimate of drug-likeness (QED) is 0.216. The van der Waals surface area contributed by atoms with Crippen molar-refractivity contribution in [2.75, 3.05) is 0 Å². The zero-order valence-electron chi connectivity index (χ0n) is 22.7. The summed E-state index contributed by atoms with van der Waals surface area (Å²) in [5.74, 6) is 0.0234. The van der Waals surface area contributed by atoms with Crippen LogP contribution >= 0.6 is 22.9 Å². The number of Topliss-reactive ketones (excluding diaryl/α,β-unsaturated/α-hetero) is 1. The first-order chi connectivity index (χ1) is 17.7. The van der Waals surface area contributed by atoms with Crippen LogP contribution in [-0.4, -0.2) is 10.7 Å². The van der Waals surface area contributed by atoms with E-state index in [9.17, 15) is 14.9 Å². The van der Waals surface area contributed by atoms with Crippen molar-refractivity contribution in [2.45, 2.75) is 48.5 Å². The summed E-state index contributed by atoms with van der Waals surface area (Å²) >= 11 is 7.93. The maximum atomic E-state index is 13.6. The number of carbonyl (C=O) groups is 1. The number of carbonyl (C=O) groups excluding carboxylic acids is 1. The van der Waals surface area contributed by atoms with Crippen LogP contribution in [0.15, 0.2) is 93.7 Å². The van der Waals surface area contributed by atoms with Crippen molar-refractivity contribution < 1.29 is 9.72 Å². The van der Waals surface area contributed by atoms with Crippen molar-refractivity contribution >= 4 is 45.8 Å². The Bertz CT molecular complexity index is 1400. The fraction of sp³-hybridized carbons (Fsp3) is 0.300. The minimum Gasteiger partial charge on any atom is -0.289 e. The van der Waals surface area contributed by atoms with E-state index in [-0.39, 0.29) is 11.5 Å². The molecule has 1 heterocycles. The summed E-state index contributed by atoms with van der Waals surface area (Å²) in [5, 5.41) is 20.2. The fourth-order valence-electron chi connectivity index (χ4n) is 3.78. The minimum absolute atomic E-state index is 0.0234. The van der Waals surface area contributed by atoms with Gasteiger partial charge in [-0.1, -0.05) is 77.4 Å². The van der Waals surface area contributed by atoms with E-state index in [1.807, 2.05) is 91.0 Å². The van der Waals surface area contributed by atoms with Crippen molar-refractivity contribution in [3.8, 4) is 0 Å². The number of hydrogen-bond acceptors (Lipinski definition) is 6. The molecule has 0 saturated heterocycles. The molecule has 1 aromatic heterocycles. The molecule has 1 aliphatic rings. The van der Waals surface area contributed by atoms with Gasteiger partial charge in [0.2, 0.25) is 0 Å². The van der Waals surface area contributed by atoms with Gasteiger partial charge in [-0.3, -0.25) is 14.9 Å². The average Bonchev–Trinajstić information content (AvgIpc) is 2.89.